The number of ether oxygens (including phenoxy) is 1. The van der Waals surface area contributed by atoms with Crippen LogP contribution in [0.5, 0.6) is 0 Å². The number of amidine groups is 1. The average Bonchev–Trinajstić information content (AvgIpc) is 2.84. The Kier molecular flexibility index (Phi) is 8.15. The van der Waals surface area contributed by atoms with Gasteiger partial charge in [0, 0.05) is 5.37 Å². The highest BCUT2D eigenvalue weighted by Crippen LogP contribution is 2.41. The summed E-state index contributed by atoms with van der Waals surface area (Å²) in [6.07, 6.45) is 2.16. The van der Waals surface area contributed by atoms with Gasteiger partial charge >= 0.3 is 6.02 Å². The molecule has 0 amide bonds. The first kappa shape index (κ1) is 24.4. The van der Waals surface area contributed by atoms with Gasteiger partial charge in [0.25, 0.3) is 0 Å². The summed E-state index contributed by atoms with van der Waals surface area (Å²) in [6.45, 7) is 5.92. The summed E-state index contributed by atoms with van der Waals surface area (Å²) in [4.78, 5) is 4.43. The smallest absolute Gasteiger partial charge is 0.309 e. The molecule has 5 heteroatoms. The van der Waals surface area contributed by atoms with Crippen LogP contribution in [0.3, 0.4) is 0 Å². The van der Waals surface area contributed by atoms with Crippen LogP contribution in [0.1, 0.15) is 37.5 Å². The summed E-state index contributed by atoms with van der Waals surface area (Å²) in [5, 5.41) is 11.1. The maximum absolute atomic E-state index is 9.48. The summed E-state index contributed by atoms with van der Waals surface area (Å²) in [5.74, 6) is 0. The maximum Gasteiger partial charge on any atom is 0.309 e. The second-order valence-electron chi connectivity index (χ2n) is 8.69. The van der Waals surface area contributed by atoms with Crippen LogP contribution in [-0.2, 0) is 10.2 Å². The van der Waals surface area contributed by atoms with Gasteiger partial charge in [-0.1, -0.05) is 109 Å². The van der Waals surface area contributed by atoms with Crippen LogP contribution in [0.15, 0.2) is 108 Å². The molecule has 0 aliphatic rings. The van der Waals surface area contributed by atoms with Crippen LogP contribution >= 0.6 is 12.2 Å². The van der Waals surface area contributed by atoms with Gasteiger partial charge in [-0.05, 0) is 43.0 Å². The van der Waals surface area contributed by atoms with Crippen LogP contribution in [0.4, 0.5) is 0 Å². The monoisotopic (exact) mass is 458 g/mol. The Labute approximate surface area is 201 Å². The van der Waals surface area contributed by atoms with Gasteiger partial charge < -0.3 is 4.74 Å². The van der Waals surface area contributed by atoms with Crippen molar-refractivity contribution < 1.29 is 9.94 Å². The number of nitrogens with one attached hydrogen (secondary N) is 1. The minimum absolute atomic E-state index is 0.0509. The molecule has 0 aliphatic carbocycles. The van der Waals surface area contributed by atoms with Crippen LogP contribution in [0.25, 0.3) is 0 Å². The van der Waals surface area contributed by atoms with Crippen molar-refractivity contribution in [3.63, 3.8) is 0 Å². The molecule has 33 heavy (non-hydrogen) atoms. The molecule has 3 aromatic rings. The Hall–Kier alpha value is -3.28. The van der Waals surface area contributed by atoms with E-state index >= 15 is 0 Å². The van der Waals surface area contributed by atoms with E-state index < -0.39 is 11.0 Å². The van der Waals surface area contributed by atoms with Gasteiger partial charge in [0.2, 0.25) is 0 Å². The molecule has 0 atom stereocenters. The fourth-order valence-electron chi connectivity index (χ4n) is 3.79. The molecule has 0 aliphatic heterocycles. The summed E-state index contributed by atoms with van der Waals surface area (Å²) in [7, 11) is 0. The van der Waals surface area contributed by atoms with Gasteiger partial charge in [-0.25, -0.2) is 10.5 Å². The summed E-state index contributed by atoms with van der Waals surface area (Å²) in [6, 6.07) is 31.1. The van der Waals surface area contributed by atoms with Gasteiger partial charge in [0.15, 0.2) is 0 Å². The number of rotatable bonds is 7. The highest BCUT2D eigenvalue weighted by molar-refractivity contribution is 7.79. The lowest BCUT2D eigenvalue weighted by molar-refractivity contribution is 0.0797. The first-order chi connectivity index (χ1) is 15.9. The molecule has 4 nitrogen and oxygen atoms in total. The Balaban J connectivity index is 2.20. The molecule has 3 rings (SSSR count). The van der Waals surface area contributed by atoms with Crippen molar-refractivity contribution in [1.29, 1.82) is 0 Å². The lowest BCUT2D eigenvalue weighted by Gasteiger charge is -2.34. The van der Waals surface area contributed by atoms with Crippen molar-refractivity contribution in [2.75, 3.05) is 6.54 Å². The van der Waals surface area contributed by atoms with Crippen molar-refractivity contribution in [3.8, 4) is 0 Å². The van der Waals surface area contributed by atoms with Crippen molar-refractivity contribution in [3.05, 3.63) is 119 Å². The van der Waals surface area contributed by atoms with Crippen molar-refractivity contribution in [1.82, 2.24) is 5.48 Å². The lowest BCUT2D eigenvalue weighted by atomic mass is 9.68. The van der Waals surface area contributed by atoms with Gasteiger partial charge in [-0.3, -0.25) is 5.21 Å². The summed E-state index contributed by atoms with van der Waals surface area (Å²) in [5.41, 5.74) is 5.14. The van der Waals surface area contributed by atoms with Crippen LogP contribution < -0.4 is 5.48 Å². The predicted molar refractivity (Wildman–Crippen MR) is 139 cm³/mol. The fraction of sp³-hybridized carbons (Fsp3) is 0.214. The zero-order valence-corrected chi connectivity index (χ0v) is 20.0. The molecule has 0 saturated heterocycles. The summed E-state index contributed by atoms with van der Waals surface area (Å²) >= 11 is 5.40. The van der Waals surface area contributed by atoms with E-state index in [1.807, 2.05) is 80.8 Å². The Morgan fingerprint density at radius 3 is 1.61 bits per heavy atom. The molecule has 170 valence electrons. The van der Waals surface area contributed by atoms with Crippen molar-refractivity contribution in [2.24, 2.45) is 4.99 Å². The second kappa shape index (κ2) is 11.0. The van der Waals surface area contributed by atoms with Gasteiger partial charge in [-0.2, -0.15) is 0 Å². The number of aliphatic imine (C=N–C) groups is 1. The summed E-state index contributed by atoms with van der Waals surface area (Å²) < 4.78 is 5.68. The lowest BCUT2D eigenvalue weighted by Crippen LogP contribution is -2.32. The quantitative estimate of drug-likeness (QED) is 0.112. The molecular weight excluding hydrogens is 428 g/mol. The topological polar surface area (TPSA) is 53.8 Å². The zero-order chi connectivity index (χ0) is 23.7. The zero-order valence-electron chi connectivity index (χ0n) is 19.2. The largest absolute Gasteiger partial charge is 0.458 e. The van der Waals surface area contributed by atoms with Gasteiger partial charge in [-0.15, -0.1) is 0 Å². The number of nitrogens with zero attached hydrogens (tertiary/aromatic N) is 1. The molecule has 0 spiro atoms. The number of thiocarbonyl (C=S) groups is 1. The normalized spacial score (nSPS) is 12.8. The number of allylic oxidation sites excluding steroid dienone is 1. The highest BCUT2D eigenvalue weighted by atomic mass is 32.1. The fourth-order valence-corrected chi connectivity index (χ4v) is 3.93. The minimum Gasteiger partial charge on any atom is -0.458 e. The van der Waals surface area contributed by atoms with E-state index in [0.29, 0.717) is 0 Å². The van der Waals surface area contributed by atoms with E-state index in [9.17, 15) is 5.21 Å². The van der Waals surface area contributed by atoms with E-state index in [1.54, 1.807) is 5.37 Å². The Morgan fingerprint density at radius 2 is 1.27 bits per heavy atom. The molecule has 2 N–H and O–H groups in total. The highest BCUT2D eigenvalue weighted by Gasteiger charge is 2.34. The number of hydrogen-bond acceptors (Lipinski definition) is 4. The Bertz CT molecular complexity index is 992. The first-order valence-electron chi connectivity index (χ1n) is 10.9. The number of benzene rings is 3. The number of hydroxylamine groups is 1. The molecular formula is C28H30N2O2S. The van der Waals surface area contributed by atoms with Crippen LogP contribution in [0, 0.1) is 0 Å². The van der Waals surface area contributed by atoms with E-state index in [-0.39, 0.29) is 12.6 Å². The molecule has 0 bridgehead atoms. The molecule has 0 unspecified atom stereocenters. The third-order valence-electron chi connectivity index (χ3n) is 5.14. The molecule has 3 aromatic carbocycles. The third-order valence-corrected chi connectivity index (χ3v) is 5.45. The molecule has 0 radical (unpaired) electrons. The average molecular weight is 459 g/mol. The van der Waals surface area contributed by atoms with E-state index in [0.717, 1.165) is 22.3 Å². The van der Waals surface area contributed by atoms with Crippen molar-refractivity contribution in [2.45, 2.75) is 31.8 Å². The maximum atomic E-state index is 9.48. The van der Waals surface area contributed by atoms with E-state index in [1.165, 1.54) is 0 Å². The molecule has 0 saturated carbocycles. The van der Waals surface area contributed by atoms with Gasteiger partial charge in [0.1, 0.15) is 5.60 Å². The van der Waals surface area contributed by atoms with Crippen LogP contribution in [-0.4, -0.2) is 28.7 Å². The van der Waals surface area contributed by atoms with Gasteiger partial charge in [0.05, 0.1) is 12.0 Å². The molecule has 0 heterocycles. The Morgan fingerprint density at radius 1 is 0.848 bits per heavy atom. The van der Waals surface area contributed by atoms with E-state index in [2.05, 4.69) is 47.5 Å². The van der Waals surface area contributed by atoms with E-state index in [4.69, 9.17) is 17.0 Å². The van der Waals surface area contributed by atoms with Crippen LogP contribution in [0.2, 0.25) is 0 Å². The molecule has 0 aromatic heterocycles. The van der Waals surface area contributed by atoms with Crippen molar-refractivity contribution >= 4 is 23.6 Å². The molecule has 0 fully saturated rings. The first-order valence-corrected chi connectivity index (χ1v) is 11.3. The number of hydrogen-bond donors (Lipinski definition) is 2. The SMILES string of the molecule is CC(C)(C)OC(=NC/C(C=S)=C/C(c1ccccc1)(c1ccccc1)c1ccccc1)NO. The second-order valence-corrected chi connectivity index (χ2v) is 8.93. The third kappa shape index (κ3) is 6.15. The standard InChI is InChI=1S/C28H30N2O2S/c1-27(2,3)32-26(30-31)29-20-22(21-33)19-28(23-13-7-4-8-14-23,24-15-9-5-10-16-24)25-17-11-6-12-18-25/h4-19,21,31H,20H2,1-3H3,(H,29,30)/b22-19-. The predicted octanol–water partition coefficient (Wildman–Crippen LogP) is 6.10. The minimum atomic E-state index is -0.582.